The quantitative estimate of drug-likeness (QED) is 0.659. The summed E-state index contributed by atoms with van der Waals surface area (Å²) in [5.41, 5.74) is 0.0928. The van der Waals surface area contributed by atoms with Gasteiger partial charge in [-0.25, -0.2) is 4.99 Å². The Morgan fingerprint density at radius 3 is 2.77 bits per heavy atom. The van der Waals surface area contributed by atoms with E-state index in [0.717, 1.165) is 18.9 Å². The van der Waals surface area contributed by atoms with Crippen LogP contribution in [0.15, 0.2) is 4.99 Å². The fourth-order valence-electron chi connectivity index (χ4n) is 1.60. The van der Waals surface area contributed by atoms with Crippen molar-refractivity contribution >= 4 is 5.90 Å². The first kappa shape index (κ1) is 10.6. The highest BCUT2D eigenvalue weighted by Crippen LogP contribution is 2.23. The van der Waals surface area contributed by atoms with E-state index in [-0.39, 0.29) is 5.54 Å². The molecule has 0 saturated heterocycles. The van der Waals surface area contributed by atoms with Crippen LogP contribution >= 0.6 is 0 Å². The lowest BCUT2D eigenvalue weighted by molar-refractivity contribution is 0.212. The van der Waals surface area contributed by atoms with E-state index in [1.807, 2.05) is 0 Å². The van der Waals surface area contributed by atoms with E-state index < -0.39 is 0 Å². The Bertz CT molecular complexity index is 196. The molecular weight excluding hydrogens is 162 g/mol. The largest absolute Gasteiger partial charge is 0.481 e. The third-order valence-corrected chi connectivity index (χ3v) is 2.52. The Hall–Kier alpha value is -0.530. The number of ether oxygens (including phenoxy) is 1. The molecule has 1 aliphatic heterocycles. The van der Waals surface area contributed by atoms with Gasteiger partial charge in [0.25, 0.3) is 0 Å². The Kier molecular flexibility index (Phi) is 3.34. The zero-order valence-corrected chi connectivity index (χ0v) is 9.26. The first-order valence-corrected chi connectivity index (χ1v) is 5.27. The van der Waals surface area contributed by atoms with Gasteiger partial charge < -0.3 is 4.74 Å². The standard InChI is InChI=1S/C11H21NO/c1-5-6-9(2)10-12-11(3,4)7-8-13-10/h9H,5-8H2,1-4H3. The Balaban J connectivity index is 2.63. The number of hydrogen-bond donors (Lipinski definition) is 0. The summed E-state index contributed by atoms with van der Waals surface area (Å²) in [7, 11) is 0. The van der Waals surface area contributed by atoms with Gasteiger partial charge in [-0.3, -0.25) is 0 Å². The molecular formula is C11H21NO. The fourth-order valence-corrected chi connectivity index (χ4v) is 1.60. The molecule has 1 unspecified atom stereocenters. The van der Waals surface area contributed by atoms with Crippen LogP contribution in [0, 0.1) is 5.92 Å². The van der Waals surface area contributed by atoms with E-state index in [4.69, 9.17) is 4.74 Å². The Morgan fingerprint density at radius 2 is 2.23 bits per heavy atom. The zero-order chi connectivity index (χ0) is 9.90. The van der Waals surface area contributed by atoms with E-state index in [0.29, 0.717) is 5.92 Å². The van der Waals surface area contributed by atoms with Gasteiger partial charge in [-0.2, -0.15) is 0 Å². The second-order valence-electron chi connectivity index (χ2n) is 4.55. The minimum absolute atomic E-state index is 0.0928. The molecule has 0 aliphatic carbocycles. The van der Waals surface area contributed by atoms with Crippen LogP contribution in [0.2, 0.25) is 0 Å². The number of rotatable bonds is 3. The van der Waals surface area contributed by atoms with Crippen molar-refractivity contribution in [3.8, 4) is 0 Å². The first-order valence-electron chi connectivity index (χ1n) is 5.27. The second kappa shape index (κ2) is 4.12. The summed E-state index contributed by atoms with van der Waals surface area (Å²) in [5, 5.41) is 0. The predicted molar refractivity (Wildman–Crippen MR) is 56.2 cm³/mol. The molecule has 1 atom stereocenters. The normalized spacial score (nSPS) is 23.2. The summed E-state index contributed by atoms with van der Waals surface area (Å²) in [5.74, 6) is 1.46. The molecule has 0 aromatic rings. The van der Waals surface area contributed by atoms with E-state index in [9.17, 15) is 0 Å². The van der Waals surface area contributed by atoms with Crippen LogP contribution in [-0.4, -0.2) is 18.0 Å². The summed E-state index contributed by atoms with van der Waals surface area (Å²) in [4.78, 5) is 4.63. The highest BCUT2D eigenvalue weighted by Gasteiger charge is 2.25. The van der Waals surface area contributed by atoms with Gasteiger partial charge in [-0.05, 0) is 20.3 Å². The third kappa shape index (κ3) is 3.02. The van der Waals surface area contributed by atoms with Crippen molar-refractivity contribution in [2.45, 2.75) is 52.5 Å². The van der Waals surface area contributed by atoms with Crippen molar-refractivity contribution in [1.29, 1.82) is 0 Å². The average Bonchev–Trinajstić information content (AvgIpc) is 2.03. The predicted octanol–water partition coefficient (Wildman–Crippen LogP) is 3.02. The highest BCUT2D eigenvalue weighted by molar-refractivity contribution is 5.79. The summed E-state index contributed by atoms with van der Waals surface area (Å²) in [6.07, 6.45) is 3.41. The Labute approximate surface area is 81.4 Å². The van der Waals surface area contributed by atoms with E-state index in [2.05, 4.69) is 32.7 Å². The fraction of sp³-hybridized carbons (Fsp3) is 0.909. The van der Waals surface area contributed by atoms with Crippen molar-refractivity contribution in [2.24, 2.45) is 10.9 Å². The van der Waals surface area contributed by atoms with Gasteiger partial charge in [-0.1, -0.05) is 20.3 Å². The van der Waals surface area contributed by atoms with Crippen LogP contribution < -0.4 is 0 Å². The van der Waals surface area contributed by atoms with Crippen LogP contribution in [0.3, 0.4) is 0 Å². The van der Waals surface area contributed by atoms with Crippen molar-refractivity contribution < 1.29 is 4.74 Å². The molecule has 1 aliphatic rings. The van der Waals surface area contributed by atoms with Crippen molar-refractivity contribution in [3.05, 3.63) is 0 Å². The van der Waals surface area contributed by atoms with E-state index in [1.54, 1.807) is 0 Å². The minimum atomic E-state index is 0.0928. The molecule has 1 rings (SSSR count). The van der Waals surface area contributed by atoms with Gasteiger partial charge in [0.05, 0.1) is 12.1 Å². The maximum Gasteiger partial charge on any atom is 0.186 e. The molecule has 2 nitrogen and oxygen atoms in total. The maximum absolute atomic E-state index is 5.58. The van der Waals surface area contributed by atoms with Gasteiger partial charge in [0, 0.05) is 12.3 Å². The molecule has 1 heterocycles. The van der Waals surface area contributed by atoms with Crippen LogP contribution in [-0.2, 0) is 4.74 Å². The summed E-state index contributed by atoms with van der Waals surface area (Å²) in [6, 6.07) is 0. The first-order chi connectivity index (χ1) is 6.05. The topological polar surface area (TPSA) is 21.6 Å². The smallest absolute Gasteiger partial charge is 0.186 e. The van der Waals surface area contributed by atoms with Gasteiger partial charge >= 0.3 is 0 Å². The molecule has 0 N–H and O–H groups in total. The monoisotopic (exact) mass is 183 g/mol. The van der Waals surface area contributed by atoms with Gasteiger partial charge in [0.15, 0.2) is 5.90 Å². The number of nitrogens with zero attached hydrogens (tertiary/aromatic N) is 1. The highest BCUT2D eigenvalue weighted by atomic mass is 16.5. The number of aliphatic imine (C=N–C) groups is 1. The Morgan fingerprint density at radius 1 is 1.54 bits per heavy atom. The summed E-state index contributed by atoms with van der Waals surface area (Å²) >= 11 is 0. The number of hydrogen-bond acceptors (Lipinski definition) is 2. The second-order valence-corrected chi connectivity index (χ2v) is 4.55. The van der Waals surface area contributed by atoms with Crippen LogP contribution in [0.1, 0.15) is 47.0 Å². The molecule has 0 aromatic carbocycles. The van der Waals surface area contributed by atoms with Gasteiger partial charge in [0.2, 0.25) is 0 Å². The van der Waals surface area contributed by atoms with Crippen LogP contribution in [0.5, 0.6) is 0 Å². The van der Waals surface area contributed by atoms with Gasteiger partial charge in [0.1, 0.15) is 0 Å². The van der Waals surface area contributed by atoms with Crippen molar-refractivity contribution in [2.75, 3.05) is 6.61 Å². The van der Waals surface area contributed by atoms with Crippen molar-refractivity contribution in [3.63, 3.8) is 0 Å². The molecule has 76 valence electrons. The average molecular weight is 183 g/mol. The molecule has 2 heteroatoms. The maximum atomic E-state index is 5.58. The lowest BCUT2D eigenvalue weighted by Gasteiger charge is -2.29. The summed E-state index contributed by atoms with van der Waals surface area (Å²) in [6.45, 7) is 9.58. The molecule has 0 spiro atoms. The molecule has 0 amide bonds. The summed E-state index contributed by atoms with van der Waals surface area (Å²) < 4.78 is 5.58. The SMILES string of the molecule is CCCC(C)C1=NC(C)(C)CCO1. The lowest BCUT2D eigenvalue weighted by Crippen LogP contribution is -2.31. The van der Waals surface area contributed by atoms with E-state index >= 15 is 0 Å². The molecule has 0 aromatic heterocycles. The molecule has 0 radical (unpaired) electrons. The molecule has 0 saturated carbocycles. The minimum Gasteiger partial charge on any atom is -0.481 e. The molecule has 13 heavy (non-hydrogen) atoms. The van der Waals surface area contributed by atoms with Crippen LogP contribution in [0.4, 0.5) is 0 Å². The lowest BCUT2D eigenvalue weighted by atomic mass is 9.99. The molecule has 0 bridgehead atoms. The van der Waals surface area contributed by atoms with Crippen LogP contribution in [0.25, 0.3) is 0 Å². The zero-order valence-electron chi connectivity index (χ0n) is 9.26. The molecule has 0 fully saturated rings. The third-order valence-electron chi connectivity index (χ3n) is 2.52. The van der Waals surface area contributed by atoms with E-state index in [1.165, 1.54) is 12.8 Å². The van der Waals surface area contributed by atoms with Gasteiger partial charge in [-0.15, -0.1) is 0 Å². The van der Waals surface area contributed by atoms with Crippen molar-refractivity contribution in [1.82, 2.24) is 0 Å².